The molecule has 3 rings (SSSR count). The fraction of sp³-hybridized carbons (Fsp3) is 0.278. The topological polar surface area (TPSA) is 55.6 Å². The van der Waals surface area contributed by atoms with Crippen LogP contribution < -0.4 is 10.6 Å². The van der Waals surface area contributed by atoms with Gasteiger partial charge in [0.15, 0.2) is 0 Å². The summed E-state index contributed by atoms with van der Waals surface area (Å²) in [5.74, 6) is -0.0116. The van der Waals surface area contributed by atoms with Crippen LogP contribution in [-0.2, 0) is 22.6 Å². The normalized spacial score (nSPS) is 13.7. The van der Waals surface area contributed by atoms with Crippen LogP contribution in [0.3, 0.4) is 0 Å². The highest BCUT2D eigenvalue weighted by Crippen LogP contribution is 2.31. The predicted octanol–water partition coefficient (Wildman–Crippen LogP) is 2.76. The van der Waals surface area contributed by atoms with Gasteiger partial charge in [0.2, 0.25) is 0 Å². The first-order chi connectivity index (χ1) is 10.8. The Kier molecular flexibility index (Phi) is 4.39. The molecular formula is C18H20N2O2. The number of ether oxygens (including phenoxy) is 1. The fourth-order valence-electron chi connectivity index (χ4n) is 2.82. The quantitative estimate of drug-likeness (QED) is 0.883. The summed E-state index contributed by atoms with van der Waals surface area (Å²) >= 11 is 0. The maximum Gasteiger partial charge on any atom is 0.252 e. The lowest BCUT2D eigenvalue weighted by Crippen LogP contribution is -2.38. The molecule has 114 valence electrons. The molecule has 22 heavy (non-hydrogen) atoms. The van der Waals surface area contributed by atoms with Crippen molar-refractivity contribution < 1.29 is 9.53 Å². The highest BCUT2D eigenvalue weighted by atomic mass is 16.5. The molecule has 0 aromatic heterocycles. The van der Waals surface area contributed by atoms with Crippen molar-refractivity contribution in [1.82, 2.24) is 0 Å². The molecule has 4 nitrogen and oxygen atoms in total. The number of anilines is 2. The average molecular weight is 296 g/mol. The smallest absolute Gasteiger partial charge is 0.252 e. The van der Waals surface area contributed by atoms with Crippen LogP contribution in [-0.4, -0.2) is 19.1 Å². The maximum atomic E-state index is 12.4. The van der Waals surface area contributed by atoms with Gasteiger partial charge in [-0.2, -0.15) is 0 Å². The van der Waals surface area contributed by atoms with Gasteiger partial charge in [0, 0.05) is 17.9 Å². The van der Waals surface area contributed by atoms with E-state index in [4.69, 9.17) is 10.5 Å². The number of hydrogen-bond acceptors (Lipinski definition) is 3. The number of rotatable bonds is 4. The fourth-order valence-corrected chi connectivity index (χ4v) is 2.82. The van der Waals surface area contributed by atoms with Gasteiger partial charge in [0.25, 0.3) is 5.91 Å². The van der Waals surface area contributed by atoms with E-state index in [1.54, 1.807) is 4.90 Å². The summed E-state index contributed by atoms with van der Waals surface area (Å²) < 4.78 is 5.56. The van der Waals surface area contributed by atoms with Gasteiger partial charge >= 0.3 is 0 Å². The second kappa shape index (κ2) is 6.62. The van der Waals surface area contributed by atoms with E-state index in [0.717, 1.165) is 41.9 Å². The number of nitrogens with two attached hydrogens (primary N) is 1. The number of carbonyl (C=O) groups excluding carboxylic acids is 1. The molecule has 0 saturated heterocycles. The molecule has 1 aliphatic rings. The highest BCUT2D eigenvalue weighted by Gasteiger charge is 2.23. The van der Waals surface area contributed by atoms with Crippen LogP contribution in [0.25, 0.3) is 0 Å². The second-order valence-corrected chi connectivity index (χ2v) is 5.47. The monoisotopic (exact) mass is 296 g/mol. The van der Waals surface area contributed by atoms with E-state index in [2.05, 4.69) is 0 Å². The Balaban J connectivity index is 1.63. The van der Waals surface area contributed by atoms with E-state index in [1.165, 1.54) is 0 Å². The lowest BCUT2D eigenvalue weighted by Gasteiger charge is -2.30. The van der Waals surface area contributed by atoms with Crippen molar-refractivity contribution in [3.05, 3.63) is 59.7 Å². The molecule has 0 fully saturated rings. The largest absolute Gasteiger partial charge is 0.398 e. The first-order valence-electron chi connectivity index (χ1n) is 7.55. The van der Waals surface area contributed by atoms with Crippen LogP contribution in [0.4, 0.5) is 11.4 Å². The van der Waals surface area contributed by atoms with E-state index in [-0.39, 0.29) is 12.5 Å². The number of nitrogens with zero attached hydrogens (tertiary/aromatic N) is 1. The lowest BCUT2D eigenvalue weighted by molar-refractivity contribution is -0.123. The number of benzene rings is 2. The summed E-state index contributed by atoms with van der Waals surface area (Å²) in [5.41, 5.74) is 9.85. The zero-order valence-electron chi connectivity index (χ0n) is 12.5. The molecule has 2 N–H and O–H groups in total. The van der Waals surface area contributed by atoms with Crippen molar-refractivity contribution in [2.24, 2.45) is 0 Å². The summed E-state index contributed by atoms with van der Waals surface area (Å²) in [4.78, 5) is 14.2. The molecule has 0 unspecified atom stereocenters. The minimum absolute atomic E-state index is 0.0116. The molecule has 0 bridgehead atoms. The number of carbonyl (C=O) groups is 1. The van der Waals surface area contributed by atoms with E-state index in [1.807, 2.05) is 48.5 Å². The summed E-state index contributed by atoms with van der Waals surface area (Å²) in [7, 11) is 0. The summed E-state index contributed by atoms with van der Waals surface area (Å²) in [6.45, 7) is 1.26. The van der Waals surface area contributed by atoms with Gasteiger partial charge in [-0.1, -0.05) is 36.4 Å². The van der Waals surface area contributed by atoms with E-state index >= 15 is 0 Å². The first kappa shape index (κ1) is 14.6. The molecule has 0 atom stereocenters. The van der Waals surface area contributed by atoms with E-state index < -0.39 is 0 Å². The van der Waals surface area contributed by atoms with Crippen molar-refractivity contribution in [2.45, 2.75) is 19.4 Å². The molecule has 0 aliphatic carbocycles. The van der Waals surface area contributed by atoms with Gasteiger partial charge < -0.3 is 15.4 Å². The van der Waals surface area contributed by atoms with Gasteiger partial charge in [-0.3, -0.25) is 4.79 Å². The molecule has 2 aromatic carbocycles. The molecular weight excluding hydrogens is 276 g/mol. The summed E-state index contributed by atoms with van der Waals surface area (Å²) in [5, 5.41) is 0. The minimum Gasteiger partial charge on any atom is -0.398 e. The van der Waals surface area contributed by atoms with Crippen LogP contribution in [0.2, 0.25) is 0 Å². The number of hydrogen-bond donors (Lipinski definition) is 1. The Hall–Kier alpha value is -2.33. The zero-order chi connectivity index (χ0) is 15.4. The van der Waals surface area contributed by atoms with Gasteiger partial charge in [0.1, 0.15) is 6.61 Å². The molecule has 1 amide bonds. The van der Waals surface area contributed by atoms with Crippen molar-refractivity contribution in [2.75, 3.05) is 23.8 Å². The van der Waals surface area contributed by atoms with Crippen LogP contribution in [0, 0.1) is 0 Å². The van der Waals surface area contributed by atoms with Crippen molar-refractivity contribution in [1.29, 1.82) is 0 Å². The third-order valence-electron chi connectivity index (χ3n) is 3.92. The van der Waals surface area contributed by atoms with Crippen molar-refractivity contribution >= 4 is 17.3 Å². The number of nitrogen functional groups attached to an aromatic ring is 1. The second-order valence-electron chi connectivity index (χ2n) is 5.47. The van der Waals surface area contributed by atoms with E-state index in [0.29, 0.717) is 6.61 Å². The Morgan fingerprint density at radius 3 is 2.77 bits per heavy atom. The van der Waals surface area contributed by atoms with Crippen molar-refractivity contribution in [3.63, 3.8) is 0 Å². The standard InChI is InChI=1S/C18H20N2O2/c19-16-9-4-10-17-15(16)8-5-11-20(17)18(21)13-22-12-14-6-2-1-3-7-14/h1-4,6-7,9-10H,5,8,11-13,19H2. The Morgan fingerprint density at radius 1 is 1.14 bits per heavy atom. The molecule has 2 aromatic rings. The zero-order valence-corrected chi connectivity index (χ0v) is 12.5. The molecule has 0 spiro atoms. The first-order valence-corrected chi connectivity index (χ1v) is 7.55. The lowest BCUT2D eigenvalue weighted by atomic mass is 10.00. The molecule has 1 aliphatic heterocycles. The summed E-state index contributed by atoms with van der Waals surface area (Å²) in [6.07, 6.45) is 1.86. The third-order valence-corrected chi connectivity index (χ3v) is 3.92. The van der Waals surface area contributed by atoms with Gasteiger partial charge in [-0.05, 0) is 36.1 Å². The maximum absolute atomic E-state index is 12.4. The number of amides is 1. The molecule has 1 heterocycles. The van der Waals surface area contributed by atoms with Crippen LogP contribution in [0.5, 0.6) is 0 Å². The minimum atomic E-state index is -0.0116. The summed E-state index contributed by atoms with van der Waals surface area (Å²) in [6, 6.07) is 15.6. The van der Waals surface area contributed by atoms with Crippen molar-refractivity contribution in [3.8, 4) is 0 Å². The number of fused-ring (bicyclic) bond motifs is 1. The highest BCUT2D eigenvalue weighted by molar-refractivity contribution is 5.96. The Morgan fingerprint density at radius 2 is 1.95 bits per heavy atom. The SMILES string of the molecule is Nc1cccc2c1CCCN2C(=O)COCc1ccccc1. The molecule has 0 radical (unpaired) electrons. The average Bonchev–Trinajstić information content (AvgIpc) is 2.56. The van der Waals surface area contributed by atoms with Gasteiger partial charge in [-0.15, -0.1) is 0 Å². The van der Waals surface area contributed by atoms with Crippen LogP contribution >= 0.6 is 0 Å². The van der Waals surface area contributed by atoms with Crippen LogP contribution in [0.15, 0.2) is 48.5 Å². The van der Waals surface area contributed by atoms with Crippen LogP contribution in [0.1, 0.15) is 17.5 Å². The Labute approximate surface area is 130 Å². The third kappa shape index (κ3) is 3.12. The van der Waals surface area contributed by atoms with Gasteiger partial charge in [0.05, 0.1) is 6.61 Å². The Bertz CT molecular complexity index is 655. The molecule has 0 saturated carbocycles. The van der Waals surface area contributed by atoms with E-state index in [9.17, 15) is 4.79 Å². The van der Waals surface area contributed by atoms with Gasteiger partial charge in [-0.25, -0.2) is 0 Å². The molecule has 4 heteroatoms. The predicted molar refractivity (Wildman–Crippen MR) is 87.6 cm³/mol.